The second-order valence-corrected chi connectivity index (χ2v) is 6.69. The van der Waals surface area contributed by atoms with Crippen LogP contribution in [0.3, 0.4) is 0 Å². The average molecular weight is 334 g/mol. The van der Waals surface area contributed by atoms with Gasteiger partial charge in [-0.05, 0) is 51.4 Å². The number of rotatable bonds is 8. The molecule has 0 radical (unpaired) electrons. The van der Waals surface area contributed by atoms with E-state index in [4.69, 9.17) is 9.47 Å². The van der Waals surface area contributed by atoms with Gasteiger partial charge in [0, 0.05) is 19.7 Å². The molecular formula is C19H30N2O3. The fraction of sp³-hybridized carbons (Fsp3) is 0.632. The molecule has 1 aliphatic heterocycles. The van der Waals surface area contributed by atoms with Crippen LogP contribution in [-0.2, 0) is 27.4 Å². The molecule has 2 atom stereocenters. The number of carbonyl (C=O) groups is 1. The molecule has 0 bridgehead atoms. The third kappa shape index (κ3) is 6.23. The Balaban J connectivity index is 1.77. The van der Waals surface area contributed by atoms with E-state index in [0.29, 0.717) is 13.2 Å². The van der Waals surface area contributed by atoms with Gasteiger partial charge in [0.25, 0.3) is 0 Å². The van der Waals surface area contributed by atoms with Crippen LogP contribution < -0.4 is 5.32 Å². The van der Waals surface area contributed by atoms with E-state index in [0.717, 1.165) is 31.6 Å². The molecule has 0 aliphatic carbocycles. The van der Waals surface area contributed by atoms with Crippen LogP contribution in [0.2, 0.25) is 0 Å². The molecule has 1 amide bonds. The van der Waals surface area contributed by atoms with E-state index in [1.54, 1.807) is 6.92 Å². The smallest absolute Gasteiger partial charge is 0.249 e. The zero-order valence-corrected chi connectivity index (χ0v) is 15.1. The van der Waals surface area contributed by atoms with E-state index < -0.39 is 6.10 Å². The second-order valence-electron chi connectivity index (χ2n) is 6.69. The SMILES string of the molecule is C[C@@H](OC[C@@H]1CCCCO1)C(=O)NCc1ccccc1CN(C)C. The number of hydrogen-bond donors (Lipinski definition) is 1. The Morgan fingerprint density at radius 3 is 2.75 bits per heavy atom. The highest BCUT2D eigenvalue weighted by Gasteiger charge is 2.19. The van der Waals surface area contributed by atoms with Gasteiger partial charge in [-0.3, -0.25) is 4.79 Å². The molecule has 1 saturated heterocycles. The predicted molar refractivity (Wildman–Crippen MR) is 94.7 cm³/mol. The fourth-order valence-electron chi connectivity index (χ4n) is 2.82. The minimum Gasteiger partial charge on any atom is -0.376 e. The van der Waals surface area contributed by atoms with E-state index in [1.165, 1.54) is 12.0 Å². The molecule has 0 unspecified atom stereocenters. The number of hydrogen-bond acceptors (Lipinski definition) is 4. The van der Waals surface area contributed by atoms with Gasteiger partial charge in [-0.25, -0.2) is 0 Å². The molecule has 0 aromatic heterocycles. The zero-order chi connectivity index (χ0) is 17.4. The van der Waals surface area contributed by atoms with Crippen LogP contribution in [0.5, 0.6) is 0 Å². The predicted octanol–water partition coefficient (Wildman–Crippen LogP) is 2.34. The summed E-state index contributed by atoms with van der Waals surface area (Å²) >= 11 is 0. The van der Waals surface area contributed by atoms with Gasteiger partial charge in [-0.1, -0.05) is 24.3 Å². The number of nitrogens with one attached hydrogen (secondary N) is 1. The molecule has 0 spiro atoms. The van der Waals surface area contributed by atoms with Crippen molar-refractivity contribution in [3.8, 4) is 0 Å². The largest absolute Gasteiger partial charge is 0.376 e. The maximum atomic E-state index is 12.2. The van der Waals surface area contributed by atoms with Gasteiger partial charge >= 0.3 is 0 Å². The normalized spacial score (nSPS) is 19.2. The van der Waals surface area contributed by atoms with Crippen LogP contribution in [0.25, 0.3) is 0 Å². The van der Waals surface area contributed by atoms with Crippen LogP contribution in [0, 0.1) is 0 Å². The Hall–Kier alpha value is -1.43. The third-order valence-corrected chi connectivity index (χ3v) is 4.23. The van der Waals surface area contributed by atoms with Gasteiger partial charge in [0.05, 0.1) is 12.7 Å². The monoisotopic (exact) mass is 334 g/mol. The van der Waals surface area contributed by atoms with Crippen molar-refractivity contribution in [1.82, 2.24) is 10.2 Å². The van der Waals surface area contributed by atoms with E-state index in [9.17, 15) is 4.79 Å². The van der Waals surface area contributed by atoms with Crippen molar-refractivity contribution in [3.63, 3.8) is 0 Å². The molecule has 5 nitrogen and oxygen atoms in total. The Morgan fingerprint density at radius 2 is 2.08 bits per heavy atom. The quantitative estimate of drug-likeness (QED) is 0.793. The van der Waals surface area contributed by atoms with E-state index in [-0.39, 0.29) is 12.0 Å². The molecule has 1 aromatic rings. The number of nitrogens with zero attached hydrogens (tertiary/aromatic N) is 1. The van der Waals surface area contributed by atoms with E-state index in [2.05, 4.69) is 22.3 Å². The Kier molecular flexibility index (Phi) is 7.69. The first-order valence-corrected chi connectivity index (χ1v) is 8.78. The van der Waals surface area contributed by atoms with Crippen LogP contribution >= 0.6 is 0 Å². The summed E-state index contributed by atoms with van der Waals surface area (Å²) in [7, 11) is 4.08. The molecule has 134 valence electrons. The van der Waals surface area contributed by atoms with Crippen molar-refractivity contribution < 1.29 is 14.3 Å². The van der Waals surface area contributed by atoms with Gasteiger partial charge in [-0.2, -0.15) is 0 Å². The first-order valence-electron chi connectivity index (χ1n) is 8.78. The summed E-state index contributed by atoms with van der Waals surface area (Å²) in [4.78, 5) is 14.4. The lowest BCUT2D eigenvalue weighted by Gasteiger charge is -2.24. The first-order chi connectivity index (χ1) is 11.6. The van der Waals surface area contributed by atoms with Crippen LogP contribution in [0.4, 0.5) is 0 Å². The van der Waals surface area contributed by atoms with Crippen molar-refractivity contribution in [1.29, 1.82) is 0 Å². The van der Waals surface area contributed by atoms with Crippen molar-refractivity contribution in [2.24, 2.45) is 0 Å². The summed E-state index contributed by atoms with van der Waals surface area (Å²) in [6.07, 6.45) is 2.99. The molecule has 1 N–H and O–H groups in total. The van der Waals surface area contributed by atoms with Gasteiger partial charge in [0.1, 0.15) is 6.10 Å². The molecule has 5 heteroatoms. The van der Waals surface area contributed by atoms with Gasteiger partial charge in [0.15, 0.2) is 0 Å². The topological polar surface area (TPSA) is 50.8 Å². The molecule has 1 heterocycles. The van der Waals surface area contributed by atoms with Crippen molar-refractivity contribution in [3.05, 3.63) is 35.4 Å². The molecule has 1 aliphatic rings. The average Bonchev–Trinajstić information content (AvgIpc) is 2.59. The summed E-state index contributed by atoms with van der Waals surface area (Å²) < 4.78 is 11.3. The number of ether oxygens (including phenoxy) is 2. The van der Waals surface area contributed by atoms with Crippen LogP contribution in [-0.4, -0.2) is 50.3 Å². The standard InChI is InChI=1S/C19H30N2O3/c1-15(24-14-18-10-6-7-11-23-18)19(22)20-12-16-8-4-5-9-17(16)13-21(2)3/h4-5,8-9,15,18H,6-7,10-14H2,1-3H3,(H,20,22)/t15-,18+/m1/s1. The van der Waals surface area contributed by atoms with Crippen molar-refractivity contribution in [2.45, 2.75) is 51.5 Å². The molecule has 2 rings (SSSR count). The summed E-state index contributed by atoms with van der Waals surface area (Å²) in [5.41, 5.74) is 2.37. The van der Waals surface area contributed by atoms with Gasteiger partial charge < -0.3 is 19.7 Å². The highest BCUT2D eigenvalue weighted by Crippen LogP contribution is 2.14. The summed E-state index contributed by atoms with van der Waals surface area (Å²) in [6, 6.07) is 8.18. The molecule has 1 aromatic carbocycles. The third-order valence-electron chi connectivity index (χ3n) is 4.23. The second kappa shape index (κ2) is 9.77. The first kappa shape index (κ1) is 18.9. The highest BCUT2D eigenvalue weighted by molar-refractivity contribution is 5.80. The molecule has 0 saturated carbocycles. The molecule has 1 fully saturated rings. The minimum absolute atomic E-state index is 0.0783. The van der Waals surface area contributed by atoms with E-state index in [1.807, 2.05) is 26.2 Å². The maximum Gasteiger partial charge on any atom is 0.249 e. The minimum atomic E-state index is -0.462. The molecular weight excluding hydrogens is 304 g/mol. The number of benzene rings is 1. The van der Waals surface area contributed by atoms with Crippen molar-refractivity contribution in [2.75, 3.05) is 27.3 Å². The van der Waals surface area contributed by atoms with Crippen LogP contribution in [0.1, 0.15) is 37.3 Å². The lowest BCUT2D eigenvalue weighted by atomic mass is 10.1. The van der Waals surface area contributed by atoms with E-state index >= 15 is 0 Å². The highest BCUT2D eigenvalue weighted by atomic mass is 16.5. The van der Waals surface area contributed by atoms with Crippen LogP contribution in [0.15, 0.2) is 24.3 Å². The van der Waals surface area contributed by atoms with Gasteiger partial charge in [0.2, 0.25) is 5.91 Å². The summed E-state index contributed by atoms with van der Waals surface area (Å²) in [5.74, 6) is -0.0783. The fourth-order valence-corrected chi connectivity index (χ4v) is 2.82. The van der Waals surface area contributed by atoms with Crippen molar-refractivity contribution >= 4 is 5.91 Å². The summed E-state index contributed by atoms with van der Waals surface area (Å²) in [6.45, 7) is 4.47. The number of amides is 1. The lowest BCUT2D eigenvalue weighted by Crippen LogP contribution is -2.36. The lowest BCUT2D eigenvalue weighted by molar-refractivity contribution is -0.135. The zero-order valence-electron chi connectivity index (χ0n) is 15.1. The summed E-state index contributed by atoms with van der Waals surface area (Å²) in [5, 5.41) is 2.98. The Bertz CT molecular complexity index is 513. The Labute approximate surface area is 145 Å². The maximum absolute atomic E-state index is 12.2. The van der Waals surface area contributed by atoms with Gasteiger partial charge in [-0.15, -0.1) is 0 Å². The number of carbonyl (C=O) groups excluding carboxylic acids is 1. The Morgan fingerprint density at radius 1 is 1.33 bits per heavy atom. The molecule has 24 heavy (non-hydrogen) atoms.